The second-order valence-corrected chi connectivity index (χ2v) is 6.19. The van der Waals surface area contributed by atoms with Gasteiger partial charge in [0.25, 0.3) is 0 Å². The average molecular weight is 299 g/mol. The van der Waals surface area contributed by atoms with Crippen LogP contribution in [0.4, 0.5) is 0 Å². The first kappa shape index (κ1) is 15.8. The third kappa shape index (κ3) is 4.71. The van der Waals surface area contributed by atoms with E-state index in [0.29, 0.717) is 0 Å². The number of rotatable bonds is 1. The molecule has 0 aromatic heterocycles. The van der Waals surface area contributed by atoms with E-state index in [1.54, 1.807) is 18.6 Å². The van der Waals surface area contributed by atoms with E-state index in [2.05, 4.69) is 21.5 Å². The van der Waals surface area contributed by atoms with Crippen LogP contribution >= 0.6 is 11.9 Å². The SMILES string of the molecule is N#CC1(C2=CC=CC=CN=CC=NSCC2)CCCCC1. The van der Waals surface area contributed by atoms with Gasteiger partial charge in [-0.15, -0.1) is 0 Å². The Hall–Kier alpha value is -1.60. The zero-order valence-corrected chi connectivity index (χ0v) is 13.1. The van der Waals surface area contributed by atoms with Crippen LogP contribution in [0.3, 0.4) is 0 Å². The molecule has 3 nitrogen and oxygen atoms in total. The van der Waals surface area contributed by atoms with Crippen molar-refractivity contribution >= 4 is 24.4 Å². The van der Waals surface area contributed by atoms with Crippen LogP contribution in [0, 0.1) is 16.7 Å². The minimum absolute atomic E-state index is 0.257. The molecule has 0 aromatic carbocycles. The molecule has 2 rings (SSSR count). The van der Waals surface area contributed by atoms with Gasteiger partial charge in [0.05, 0.1) is 17.7 Å². The molecule has 0 saturated heterocycles. The highest BCUT2D eigenvalue weighted by molar-refractivity contribution is 7.98. The van der Waals surface area contributed by atoms with Crippen LogP contribution in [0.25, 0.3) is 0 Å². The molecule has 1 saturated carbocycles. The van der Waals surface area contributed by atoms with Crippen LogP contribution in [0.2, 0.25) is 0 Å². The average Bonchev–Trinajstić information content (AvgIpc) is 2.56. The summed E-state index contributed by atoms with van der Waals surface area (Å²) < 4.78 is 4.24. The number of nitrogens with zero attached hydrogens (tertiary/aromatic N) is 3. The van der Waals surface area contributed by atoms with Gasteiger partial charge in [0.1, 0.15) is 0 Å². The molecule has 0 atom stereocenters. The molecule has 0 unspecified atom stereocenters. The second kappa shape index (κ2) is 8.63. The van der Waals surface area contributed by atoms with Crippen molar-refractivity contribution in [3.05, 3.63) is 36.1 Å². The number of hydrogen-bond donors (Lipinski definition) is 0. The molecule has 1 aliphatic heterocycles. The number of allylic oxidation sites excluding steroid dienone is 5. The molecule has 0 aromatic rings. The Bertz CT molecular complexity index is 515. The molecule has 1 fully saturated rings. The van der Waals surface area contributed by atoms with Crippen molar-refractivity contribution in [2.45, 2.75) is 38.5 Å². The minimum Gasteiger partial charge on any atom is -0.263 e. The van der Waals surface area contributed by atoms with E-state index in [0.717, 1.165) is 37.9 Å². The largest absolute Gasteiger partial charge is 0.263 e. The molecular formula is C17H21N3S. The first-order chi connectivity index (χ1) is 10.4. The molecule has 0 bridgehead atoms. The molecule has 1 aliphatic carbocycles. The fraction of sp³-hybridized carbons (Fsp3) is 0.471. The Kier molecular flexibility index (Phi) is 6.49. The highest BCUT2D eigenvalue weighted by Gasteiger charge is 2.35. The normalized spacial score (nSPS) is 22.5. The molecule has 2 aliphatic rings. The van der Waals surface area contributed by atoms with Crippen LogP contribution in [0.15, 0.2) is 45.5 Å². The smallest absolute Gasteiger partial charge is 0.0786 e. The summed E-state index contributed by atoms with van der Waals surface area (Å²) >= 11 is 1.53. The van der Waals surface area contributed by atoms with E-state index < -0.39 is 0 Å². The van der Waals surface area contributed by atoms with E-state index in [1.165, 1.54) is 23.9 Å². The summed E-state index contributed by atoms with van der Waals surface area (Å²) in [6.07, 6.45) is 19.6. The van der Waals surface area contributed by atoms with Crippen LogP contribution < -0.4 is 0 Å². The summed E-state index contributed by atoms with van der Waals surface area (Å²) in [4.78, 5) is 4.08. The third-order valence-corrected chi connectivity index (χ3v) is 4.64. The summed E-state index contributed by atoms with van der Waals surface area (Å²) in [5, 5.41) is 9.74. The van der Waals surface area contributed by atoms with Gasteiger partial charge in [-0.05, 0) is 42.9 Å². The van der Waals surface area contributed by atoms with Crippen molar-refractivity contribution in [2.75, 3.05) is 5.75 Å². The fourth-order valence-corrected chi connectivity index (χ4v) is 3.40. The zero-order chi connectivity index (χ0) is 14.8. The topological polar surface area (TPSA) is 48.5 Å². The Morgan fingerprint density at radius 2 is 1.95 bits per heavy atom. The molecule has 0 N–H and O–H groups in total. The van der Waals surface area contributed by atoms with Crippen molar-refractivity contribution in [2.24, 2.45) is 14.8 Å². The molecule has 0 amide bonds. The minimum atomic E-state index is -0.257. The van der Waals surface area contributed by atoms with E-state index >= 15 is 0 Å². The van der Waals surface area contributed by atoms with E-state index in [-0.39, 0.29) is 5.41 Å². The maximum absolute atomic E-state index is 9.74. The Labute approximate surface area is 131 Å². The predicted octanol–water partition coefficient (Wildman–Crippen LogP) is 4.65. The molecule has 0 radical (unpaired) electrons. The highest BCUT2D eigenvalue weighted by Crippen LogP contribution is 2.43. The van der Waals surface area contributed by atoms with Gasteiger partial charge in [-0.25, -0.2) is 4.40 Å². The number of aliphatic imine (C=N–C) groups is 1. The van der Waals surface area contributed by atoms with Crippen LogP contribution in [-0.2, 0) is 0 Å². The second-order valence-electron chi connectivity index (χ2n) is 5.31. The van der Waals surface area contributed by atoms with Crippen molar-refractivity contribution in [1.82, 2.24) is 0 Å². The van der Waals surface area contributed by atoms with Crippen molar-refractivity contribution in [1.29, 1.82) is 5.26 Å². The lowest BCUT2D eigenvalue weighted by Gasteiger charge is -2.33. The van der Waals surface area contributed by atoms with Gasteiger partial charge in [0, 0.05) is 18.2 Å². The summed E-state index contributed by atoms with van der Waals surface area (Å²) in [5.41, 5.74) is 1.00. The number of hydrogen-bond acceptors (Lipinski definition) is 4. The van der Waals surface area contributed by atoms with Crippen LogP contribution in [-0.4, -0.2) is 18.2 Å². The van der Waals surface area contributed by atoms with Gasteiger partial charge < -0.3 is 0 Å². The Morgan fingerprint density at radius 3 is 2.76 bits per heavy atom. The van der Waals surface area contributed by atoms with E-state index in [4.69, 9.17) is 0 Å². The van der Waals surface area contributed by atoms with Crippen molar-refractivity contribution < 1.29 is 0 Å². The predicted molar refractivity (Wildman–Crippen MR) is 91.6 cm³/mol. The Morgan fingerprint density at radius 1 is 1.10 bits per heavy atom. The molecule has 21 heavy (non-hydrogen) atoms. The number of nitriles is 1. The van der Waals surface area contributed by atoms with Crippen molar-refractivity contribution in [3.63, 3.8) is 0 Å². The van der Waals surface area contributed by atoms with Gasteiger partial charge in [-0.3, -0.25) is 4.99 Å². The first-order valence-electron chi connectivity index (χ1n) is 7.49. The van der Waals surface area contributed by atoms with E-state index in [1.807, 2.05) is 18.2 Å². The standard InChI is InChI=1S/C17H21N3S/c18-15-17(9-4-2-5-10-17)16-7-3-1-6-11-19-12-13-20-21-14-8-16/h1,3,6-7,11-13H,2,4-5,8-10,14H2. The van der Waals surface area contributed by atoms with Gasteiger partial charge in [0.15, 0.2) is 0 Å². The third-order valence-electron chi connectivity index (χ3n) is 3.98. The lowest BCUT2D eigenvalue weighted by Crippen LogP contribution is -2.25. The van der Waals surface area contributed by atoms with Gasteiger partial charge in [-0.1, -0.05) is 37.5 Å². The van der Waals surface area contributed by atoms with Crippen molar-refractivity contribution in [3.8, 4) is 6.07 Å². The summed E-state index contributed by atoms with van der Waals surface area (Å²) in [6, 6.07) is 2.62. The molecule has 0 spiro atoms. The van der Waals surface area contributed by atoms with Gasteiger partial charge in [-0.2, -0.15) is 5.26 Å². The maximum Gasteiger partial charge on any atom is 0.0786 e. The summed E-state index contributed by atoms with van der Waals surface area (Å²) in [5.74, 6) is 0.904. The quantitative estimate of drug-likeness (QED) is 0.662. The summed E-state index contributed by atoms with van der Waals surface area (Å²) in [6.45, 7) is 0. The van der Waals surface area contributed by atoms with Crippen LogP contribution in [0.1, 0.15) is 38.5 Å². The monoisotopic (exact) mass is 299 g/mol. The fourth-order valence-electron chi connectivity index (χ4n) is 2.84. The Balaban J connectivity index is 2.21. The lowest BCUT2D eigenvalue weighted by atomic mass is 9.69. The maximum atomic E-state index is 9.74. The van der Waals surface area contributed by atoms with Gasteiger partial charge >= 0.3 is 0 Å². The summed E-state index contributed by atoms with van der Waals surface area (Å²) in [7, 11) is 0. The molecule has 4 heteroatoms. The molecule has 1 heterocycles. The highest BCUT2D eigenvalue weighted by atomic mass is 32.2. The van der Waals surface area contributed by atoms with Gasteiger partial charge in [0.2, 0.25) is 0 Å². The molecular weight excluding hydrogens is 278 g/mol. The lowest BCUT2D eigenvalue weighted by molar-refractivity contribution is 0.312. The zero-order valence-electron chi connectivity index (χ0n) is 12.2. The molecule has 110 valence electrons. The first-order valence-corrected chi connectivity index (χ1v) is 8.43. The van der Waals surface area contributed by atoms with E-state index in [9.17, 15) is 5.26 Å². The van der Waals surface area contributed by atoms with Crippen LogP contribution in [0.5, 0.6) is 0 Å².